The molecule has 0 bridgehead atoms. The van der Waals surface area contributed by atoms with Gasteiger partial charge in [0.15, 0.2) is 11.6 Å². The highest BCUT2D eigenvalue weighted by molar-refractivity contribution is 5.29. The Labute approximate surface area is 110 Å². The van der Waals surface area contributed by atoms with Crippen LogP contribution in [0.1, 0.15) is 17.2 Å². The first-order valence-electron chi connectivity index (χ1n) is 5.96. The molecule has 100 valence electrons. The molecule has 3 nitrogen and oxygen atoms in total. The Hall–Kier alpha value is -1.91. The molecule has 0 radical (unpaired) electrons. The molecule has 0 fully saturated rings. The largest absolute Gasteiger partial charge is 0.487 e. The van der Waals surface area contributed by atoms with Crippen LogP contribution in [0.3, 0.4) is 0 Å². The smallest absolute Gasteiger partial charge is 0.165 e. The number of aliphatic hydroxyl groups excluding tert-OH is 2. The van der Waals surface area contributed by atoms with E-state index >= 15 is 0 Å². The first-order valence-corrected chi connectivity index (χ1v) is 5.96. The van der Waals surface area contributed by atoms with Gasteiger partial charge in [0.1, 0.15) is 12.7 Å². The second-order valence-corrected chi connectivity index (χ2v) is 4.16. The average Bonchev–Trinajstić information content (AvgIpc) is 2.46. The monoisotopic (exact) mass is 262 g/mol. The van der Waals surface area contributed by atoms with Crippen molar-refractivity contribution in [2.24, 2.45) is 0 Å². The normalized spacial score (nSPS) is 12.2. The lowest BCUT2D eigenvalue weighted by Gasteiger charge is -2.13. The first-order chi connectivity index (χ1) is 9.20. The van der Waals surface area contributed by atoms with Crippen LogP contribution in [-0.4, -0.2) is 16.8 Å². The van der Waals surface area contributed by atoms with Crippen LogP contribution in [0.5, 0.6) is 5.75 Å². The molecule has 0 saturated heterocycles. The van der Waals surface area contributed by atoms with Crippen molar-refractivity contribution in [3.8, 4) is 5.75 Å². The number of halogens is 1. The van der Waals surface area contributed by atoms with Gasteiger partial charge in [-0.15, -0.1) is 0 Å². The lowest BCUT2D eigenvalue weighted by atomic mass is 10.1. The predicted molar refractivity (Wildman–Crippen MR) is 69.2 cm³/mol. The topological polar surface area (TPSA) is 49.7 Å². The van der Waals surface area contributed by atoms with Crippen LogP contribution in [-0.2, 0) is 6.61 Å². The number of aliphatic hydroxyl groups is 2. The highest BCUT2D eigenvalue weighted by Crippen LogP contribution is 2.20. The van der Waals surface area contributed by atoms with E-state index in [2.05, 4.69) is 0 Å². The summed E-state index contributed by atoms with van der Waals surface area (Å²) in [5, 5.41) is 18.8. The van der Waals surface area contributed by atoms with Gasteiger partial charge in [0.05, 0.1) is 6.61 Å². The molecule has 0 aliphatic carbocycles. The summed E-state index contributed by atoms with van der Waals surface area (Å²) in [4.78, 5) is 0. The molecule has 0 spiro atoms. The maximum absolute atomic E-state index is 13.6. The van der Waals surface area contributed by atoms with E-state index < -0.39 is 11.9 Å². The van der Waals surface area contributed by atoms with Crippen LogP contribution >= 0.6 is 0 Å². The summed E-state index contributed by atoms with van der Waals surface area (Å²) in [6.07, 6.45) is -0.807. The summed E-state index contributed by atoms with van der Waals surface area (Å²) >= 11 is 0. The molecule has 1 atom stereocenters. The van der Waals surface area contributed by atoms with E-state index in [1.165, 1.54) is 12.1 Å². The van der Waals surface area contributed by atoms with Gasteiger partial charge < -0.3 is 14.9 Å². The Kier molecular flexibility index (Phi) is 4.49. The van der Waals surface area contributed by atoms with E-state index in [1.54, 1.807) is 18.2 Å². The Morgan fingerprint density at radius 3 is 2.47 bits per heavy atom. The minimum atomic E-state index is -0.807. The molecule has 19 heavy (non-hydrogen) atoms. The summed E-state index contributed by atoms with van der Waals surface area (Å²) in [6.45, 7) is -0.247. The molecule has 0 aliphatic rings. The molecule has 4 heteroatoms. The number of rotatable bonds is 5. The molecule has 0 saturated carbocycles. The van der Waals surface area contributed by atoms with E-state index in [9.17, 15) is 9.50 Å². The highest BCUT2D eigenvalue weighted by Gasteiger charge is 2.10. The van der Waals surface area contributed by atoms with Crippen molar-refractivity contribution in [2.75, 3.05) is 6.61 Å². The van der Waals surface area contributed by atoms with Gasteiger partial charge in [0.25, 0.3) is 0 Å². The van der Waals surface area contributed by atoms with Gasteiger partial charge >= 0.3 is 0 Å². The molecule has 0 amide bonds. The summed E-state index contributed by atoms with van der Waals surface area (Å²) in [5.41, 5.74) is 1.20. The predicted octanol–water partition coefficient (Wildman–Crippen LogP) is 2.43. The fourth-order valence-electron chi connectivity index (χ4n) is 1.70. The maximum Gasteiger partial charge on any atom is 0.165 e. The van der Waals surface area contributed by atoms with E-state index in [0.29, 0.717) is 5.56 Å². The van der Waals surface area contributed by atoms with Crippen LogP contribution in [0, 0.1) is 5.82 Å². The third-order valence-corrected chi connectivity index (χ3v) is 2.76. The molecule has 2 rings (SSSR count). The lowest BCUT2D eigenvalue weighted by molar-refractivity contribution is 0.106. The minimum Gasteiger partial charge on any atom is -0.487 e. The number of hydrogen-bond donors (Lipinski definition) is 2. The zero-order valence-electron chi connectivity index (χ0n) is 10.3. The number of hydrogen-bond acceptors (Lipinski definition) is 3. The SMILES string of the molecule is OCc1ccc(OCC(O)c2ccccc2)c(F)c1. The third kappa shape index (κ3) is 3.53. The zero-order chi connectivity index (χ0) is 13.7. The second-order valence-electron chi connectivity index (χ2n) is 4.16. The molecule has 2 N–H and O–H groups in total. The van der Waals surface area contributed by atoms with Crippen molar-refractivity contribution in [3.05, 3.63) is 65.5 Å². The van der Waals surface area contributed by atoms with Crippen molar-refractivity contribution >= 4 is 0 Å². The zero-order valence-corrected chi connectivity index (χ0v) is 10.3. The van der Waals surface area contributed by atoms with Crippen LogP contribution in [0.15, 0.2) is 48.5 Å². The summed E-state index contributed by atoms with van der Waals surface area (Å²) < 4.78 is 18.8. The van der Waals surface area contributed by atoms with E-state index in [4.69, 9.17) is 9.84 Å². The van der Waals surface area contributed by atoms with Crippen molar-refractivity contribution in [2.45, 2.75) is 12.7 Å². The molecule has 2 aromatic carbocycles. The molecule has 0 aromatic heterocycles. The van der Waals surface area contributed by atoms with Gasteiger partial charge in [-0.25, -0.2) is 4.39 Å². The van der Waals surface area contributed by atoms with Crippen molar-refractivity contribution in [1.82, 2.24) is 0 Å². The summed E-state index contributed by atoms with van der Waals surface area (Å²) in [5.74, 6) is -0.487. The quantitative estimate of drug-likeness (QED) is 0.870. The van der Waals surface area contributed by atoms with Crippen molar-refractivity contribution in [1.29, 1.82) is 0 Å². The van der Waals surface area contributed by atoms with E-state index in [0.717, 1.165) is 5.56 Å². The van der Waals surface area contributed by atoms with E-state index in [-0.39, 0.29) is 19.0 Å². The number of benzene rings is 2. The van der Waals surface area contributed by atoms with Crippen LogP contribution in [0.2, 0.25) is 0 Å². The van der Waals surface area contributed by atoms with Crippen molar-refractivity contribution in [3.63, 3.8) is 0 Å². The summed E-state index contributed by atoms with van der Waals surface area (Å²) in [7, 11) is 0. The van der Waals surface area contributed by atoms with Crippen LogP contribution < -0.4 is 4.74 Å². The first kappa shape index (κ1) is 13.5. The van der Waals surface area contributed by atoms with Gasteiger partial charge in [-0.1, -0.05) is 36.4 Å². The molecule has 0 aliphatic heterocycles. The van der Waals surface area contributed by atoms with E-state index in [1.807, 2.05) is 18.2 Å². The molecular weight excluding hydrogens is 247 g/mol. The number of ether oxygens (including phenoxy) is 1. The average molecular weight is 262 g/mol. The Morgan fingerprint density at radius 1 is 1.11 bits per heavy atom. The molecular formula is C15H15FO3. The highest BCUT2D eigenvalue weighted by atomic mass is 19.1. The van der Waals surface area contributed by atoms with Gasteiger partial charge in [-0.05, 0) is 23.3 Å². The lowest BCUT2D eigenvalue weighted by Crippen LogP contribution is -2.10. The molecule has 2 aromatic rings. The van der Waals surface area contributed by atoms with Crippen LogP contribution in [0.4, 0.5) is 4.39 Å². The Bertz CT molecular complexity index is 528. The van der Waals surface area contributed by atoms with Gasteiger partial charge in [-0.2, -0.15) is 0 Å². The van der Waals surface area contributed by atoms with Crippen LogP contribution in [0.25, 0.3) is 0 Å². The Morgan fingerprint density at radius 2 is 1.84 bits per heavy atom. The maximum atomic E-state index is 13.6. The van der Waals surface area contributed by atoms with Crippen molar-refractivity contribution < 1.29 is 19.3 Å². The molecule has 0 heterocycles. The third-order valence-electron chi connectivity index (χ3n) is 2.76. The molecule has 1 unspecified atom stereocenters. The Balaban J connectivity index is 1.99. The summed E-state index contributed by atoms with van der Waals surface area (Å²) in [6, 6.07) is 13.3. The minimum absolute atomic E-state index is 0.0284. The second kappa shape index (κ2) is 6.31. The fourth-order valence-corrected chi connectivity index (χ4v) is 1.70. The standard InChI is InChI=1S/C15H15FO3/c16-13-8-11(9-17)6-7-15(13)19-10-14(18)12-4-2-1-3-5-12/h1-8,14,17-18H,9-10H2. The van der Waals surface area contributed by atoms with Gasteiger partial charge in [-0.3, -0.25) is 0 Å². The van der Waals surface area contributed by atoms with Gasteiger partial charge in [0, 0.05) is 0 Å². The van der Waals surface area contributed by atoms with Gasteiger partial charge in [0.2, 0.25) is 0 Å². The fraction of sp³-hybridized carbons (Fsp3) is 0.200.